The molecular weight excluding hydrogens is 204 g/mol. The third-order valence-corrected chi connectivity index (χ3v) is 3.36. The van der Waals surface area contributed by atoms with Crippen molar-refractivity contribution < 1.29 is 0 Å². The Kier molecular flexibility index (Phi) is 1.86. The summed E-state index contributed by atoms with van der Waals surface area (Å²) in [4.78, 5) is 7.90. The lowest BCUT2D eigenvalue weighted by Gasteiger charge is -1.92. The Bertz CT molecular complexity index is 574. The predicted octanol–water partition coefficient (Wildman–Crippen LogP) is 3.60. The number of benzene rings is 1. The molecule has 2 nitrogen and oxygen atoms in total. The van der Waals surface area contributed by atoms with Crippen LogP contribution < -0.4 is 0 Å². The first-order valence-electron chi connectivity index (χ1n) is 4.82. The normalized spacial score (nSPS) is 11.0. The van der Waals surface area contributed by atoms with E-state index in [4.69, 9.17) is 0 Å². The van der Waals surface area contributed by atoms with Gasteiger partial charge in [-0.1, -0.05) is 12.1 Å². The molecule has 0 saturated carbocycles. The zero-order valence-corrected chi connectivity index (χ0v) is 9.14. The molecule has 0 unspecified atom stereocenters. The van der Waals surface area contributed by atoms with Gasteiger partial charge in [0.1, 0.15) is 5.82 Å². The summed E-state index contributed by atoms with van der Waals surface area (Å²) in [5, 5.41) is 4.27. The Balaban J connectivity index is 2.24. The fraction of sp³-hybridized carbons (Fsp3) is 0.0833. The van der Waals surface area contributed by atoms with Crippen LogP contribution in [0, 0.1) is 6.92 Å². The minimum atomic E-state index is 0.968. The number of imidazole rings is 1. The maximum atomic E-state index is 4.57. The lowest BCUT2D eigenvalue weighted by atomic mass is 10.2. The van der Waals surface area contributed by atoms with Gasteiger partial charge in [0, 0.05) is 10.9 Å². The molecule has 0 saturated heterocycles. The van der Waals surface area contributed by atoms with E-state index >= 15 is 0 Å². The quantitative estimate of drug-likeness (QED) is 0.658. The van der Waals surface area contributed by atoms with Gasteiger partial charge in [0.05, 0.1) is 11.0 Å². The molecule has 2 heterocycles. The molecule has 3 rings (SSSR count). The SMILES string of the molecule is Cc1cscc1-c1nc2ccccc2[nH]1. The van der Waals surface area contributed by atoms with Gasteiger partial charge in [0.15, 0.2) is 0 Å². The molecule has 74 valence electrons. The van der Waals surface area contributed by atoms with Gasteiger partial charge in [-0.15, -0.1) is 0 Å². The lowest BCUT2D eigenvalue weighted by molar-refractivity contribution is 1.32. The van der Waals surface area contributed by atoms with E-state index in [9.17, 15) is 0 Å². The van der Waals surface area contributed by atoms with Crippen LogP contribution in [0.15, 0.2) is 35.0 Å². The first-order chi connectivity index (χ1) is 7.34. The van der Waals surface area contributed by atoms with E-state index in [0.29, 0.717) is 0 Å². The van der Waals surface area contributed by atoms with E-state index in [2.05, 4.69) is 27.7 Å². The molecule has 0 aliphatic carbocycles. The maximum absolute atomic E-state index is 4.57. The molecule has 0 bridgehead atoms. The monoisotopic (exact) mass is 214 g/mol. The lowest BCUT2D eigenvalue weighted by Crippen LogP contribution is -1.78. The first-order valence-corrected chi connectivity index (χ1v) is 5.77. The number of aryl methyl sites for hydroxylation is 1. The molecule has 3 heteroatoms. The van der Waals surface area contributed by atoms with Crippen LogP contribution in [0.4, 0.5) is 0 Å². The summed E-state index contributed by atoms with van der Waals surface area (Å²) in [6.07, 6.45) is 0. The minimum Gasteiger partial charge on any atom is -0.338 e. The largest absolute Gasteiger partial charge is 0.338 e. The molecule has 2 aromatic heterocycles. The van der Waals surface area contributed by atoms with Crippen molar-refractivity contribution in [1.82, 2.24) is 9.97 Å². The molecule has 15 heavy (non-hydrogen) atoms. The van der Waals surface area contributed by atoms with Crippen LogP contribution >= 0.6 is 11.3 Å². The van der Waals surface area contributed by atoms with Gasteiger partial charge in [-0.05, 0) is 30.0 Å². The molecule has 0 fully saturated rings. The number of rotatable bonds is 1. The number of fused-ring (bicyclic) bond motifs is 1. The van der Waals surface area contributed by atoms with Crippen molar-refractivity contribution in [2.24, 2.45) is 0 Å². The highest BCUT2D eigenvalue weighted by Gasteiger charge is 2.07. The number of aromatic nitrogens is 2. The van der Waals surface area contributed by atoms with Crippen LogP contribution in [0.1, 0.15) is 5.56 Å². The third kappa shape index (κ3) is 1.36. The van der Waals surface area contributed by atoms with Gasteiger partial charge in [0.2, 0.25) is 0 Å². The summed E-state index contributed by atoms with van der Waals surface area (Å²) >= 11 is 1.71. The van der Waals surface area contributed by atoms with Gasteiger partial charge in [-0.2, -0.15) is 11.3 Å². The van der Waals surface area contributed by atoms with E-state index < -0.39 is 0 Å². The summed E-state index contributed by atoms with van der Waals surface area (Å²) in [7, 11) is 0. The number of H-pyrrole nitrogens is 1. The summed E-state index contributed by atoms with van der Waals surface area (Å²) in [6, 6.07) is 8.10. The smallest absolute Gasteiger partial charge is 0.139 e. The van der Waals surface area contributed by atoms with Crippen molar-refractivity contribution in [1.29, 1.82) is 0 Å². The van der Waals surface area contributed by atoms with Gasteiger partial charge in [-0.25, -0.2) is 4.98 Å². The van der Waals surface area contributed by atoms with Crippen LogP contribution in [-0.2, 0) is 0 Å². The molecule has 1 N–H and O–H groups in total. The Morgan fingerprint density at radius 2 is 2.07 bits per heavy atom. The standard InChI is InChI=1S/C12H10N2S/c1-8-6-15-7-9(8)12-13-10-4-2-3-5-11(10)14-12/h2-7H,1H3,(H,13,14). The molecule has 0 radical (unpaired) electrons. The molecule has 0 amide bonds. The summed E-state index contributed by atoms with van der Waals surface area (Å²) in [5.41, 5.74) is 4.60. The summed E-state index contributed by atoms with van der Waals surface area (Å²) < 4.78 is 0. The predicted molar refractivity (Wildman–Crippen MR) is 64.1 cm³/mol. The Labute approximate surface area is 91.6 Å². The highest BCUT2D eigenvalue weighted by Crippen LogP contribution is 2.26. The number of hydrogen-bond acceptors (Lipinski definition) is 2. The van der Waals surface area contributed by atoms with E-state index in [0.717, 1.165) is 16.9 Å². The highest BCUT2D eigenvalue weighted by molar-refractivity contribution is 7.08. The number of nitrogens with zero attached hydrogens (tertiary/aromatic N) is 1. The fourth-order valence-electron chi connectivity index (χ4n) is 1.68. The molecular formula is C12H10N2S. The number of hydrogen-bond donors (Lipinski definition) is 1. The van der Waals surface area contributed by atoms with E-state index in [1.54, 1.807) is 11.3 Å². The van der Waals surface area contributed by atoms with Gasteiger partial charge in [0.25, 0.3) is 0 Å². The van der Waals surface area contributed by atoms with Crippen molar-refractivity contribution in [2.75, 3.05) is 0 Å². The number of aromatic amines is 1. The van der Waals surface area contributed by atoms with Crippen molar-refractivity contribution >= 4 is 22.4 Å². The Morgan fingerprint density at radius 1 is 1.20 bits per heavy atom. The van der Waals surface area contributed by atoms with Gasteiger partial charge in [-0.3, -0.25) is 0 Å². The average molecular weight is 214 g/mol. The topological polar surface area (TPSA) is 28.7 Å². The molecule has 0 atom stereocenters. The second-order valence-electron chi connectivity index (χ2n) is 3.57. The first kappa shape index (κ1) is 8.68. The van der Waals surface area contributed by atoms with Crippen molar-refractivity contribution in [3.8, 4) is 11.4 Å². The van der Waals surface area contributed by atoms with E-state index in [1.165, 1.54) is 11.1 Å². The van der Waals surface area contributed by atoms with Crippen LogP contribution in [-0.4, -0.2) is 9.97 Å². The van der Waals surface area contributed by atoms with Crippen LogP contribution in [0.2, 0.25) is 0 Å². The number of thiophene rings is 1. The molecule has 1 aromatic carbocycles. The van der Waals surface area contributed by atoms with Gasteiger partial charge < -0.3 is 4.98 Å². The molecule has 0 aliphatic heterocycles. The van der Waals surface area contributed by atoms with Gasteiger partial charge >= 0.3 is 0 Å². The zero-order chi connectivity index (χ0) is 10.3. The van der Waals surface area contributed by atoms with Crippen LogP contribution in [0.3, 0.4) is 0 Å². The maximum Gasteiger partial charge on any atom is 0.139 e. The third-order valence-electron chi connectivity index (χ3n) is 2.50. The van der Waals surface area contributed by atoms with Crippen molar-refractivity contribution in [2.45, 2.75) is 6.92 Å². The Morgan fingerprint density at radius 3 is 2.80 bits per heavy atom. The molecule has 0 spiro atoms. The van der Waals surface area contributed by atoms with Crippen molar-refractivity contribution in [3.63, 3.8) is 0 Å². The number of para-hydroxylation sites is 2. The van der Waals surface area contributed by atoms with E-state index in [1.807, 2.05) is 24.3 Å². The number of nitrogens with one attached hydrogen (secondary N) is 1. The van der Waals surface area contributed by atoms with E-state index in [-0.39, 0.29) is 0 Å². The van der Waals surface area contributed by atoms with Crippen molar-refractivity contribution in [3.05, 3.63) is 40.6 Å². The minimum absolute atomic E-state index is 0.968. The highest BCUT2D eigenvalue weighted by atomic mass is 32.1. The second-order valence-corrected chi connectivity index (χ2v) is 4.31. The fourth-order valence-corrected chi connectivity index (χ4v) is 2.52. The average Bonchev–Trinajstić information content (AvgIpc) is 2.82. The second kappa shape index (κ2) is 3.21. The van der Waals surface area contributed by atoms with Crippen LogP contribution in [0.5, 0.6) is 0 Å². The molecule has 0 aliphatic rings. The zero-order valence-electron chi connectivity index (χ0n) is 8.32. The van der Waals surface area contributed by atoms with Crippen LogP contribution in [0.25, 0.3) is 22.4 Å². The Hall–Kier alpha value is -1.61. The summed E-state index contributed by atoms with van der Waals surface area (Å²) in [5.74, 6) is 0.968. The molecule has 3 aromatic rings. The summed E-state index contributed by atoms with van der Waals surface area (Å²) in [6.45, 7) is 2.11.